The number of rotatable bonds is 3. The molecule has 1 aliphatic rings. The maximum Gasteiger partial charge on any atom is 0.0871 e. The number of oxime groups is 1. The Bertz CT molecular complexity index is 644. The molecule has 0 saturated carbocycles. The highest BCUT2D eigenvalue weighted by atomic mass is 35.5. The van der Waals surface area contributed by atoms with E-state index in [0.29, 0.717) is 16.5 Å². The van der Waals surface area contributed by atoms with Crippen molar-refractivity contribution >= 4 is 28.9 Å². The number of halogens is 2. The SMILES string of the molecule is C=C(/C=C(Cl)\C(Cl)=C/C)[C@@H]1CC/C(=N/O)c2ccccc21. The predicted molar refractivity (Wildman–Crippen MR) is 89.4 cm³/mol. The van der Waals surface area contributed by atoms with Gasteiger partial charge in [0.05, 0.1) is 15.8 Å². The molecule has 2 nitrogen and oxygen atoms in total. The Hall–Kier alpha value is -1.51. The van der Waals surface area contributed by atoms with Crippen LogP contribution in [0.1, 0.15) is 36.8 Å². The molecule has 0 fully saturated rings. The van der Waals surface area contributed by atoms with Crippen molar-refractivity contribution < 1.29 is 5.21 Å². The number of nitrogens with zero attached hydrogens (tertiary/aromatic N) is 1. The second kappa shape index (κ2) is 6.97. The zero-order chi connectivity index (χ0) is 15.4. The lowest BCUT2D eigenvalue weighted by atomic mass is 9.78. The van der Waals surface area contributed by atoms with Crippen molar-refractivity contribution in [2.45, 2.75) is 25.7 Å². The van der Waals surface area contributed by atoms with Crippen molar-refractivity contribution in [3.8, 4) is 0 Å². The Morgan fingerprint density at radius 2 is 2.05 bits per heavy atom. The molecule has 2 rings (SSSR count). The standard InChI is InChI=1S/C17H17Cl2NO/c1-3-15(18)16(19)10-11(2)12-8-9-17(20-21)14-7-5-4-6-13(12)14/h3-7,10,12,21H,2,8-9H2,1H3/b15-3+,16-10+,20-17-/t12-/m0/s1. The lowest BCUT2D eigenvalue weighted by Gasteiger charge is -2.26. The van der Waals surface area contributed by atoms with Gasteiger partial charge in [0.25, 0.3) is 0 Å². The second-order valence-electron chi connectivity index (χ2n) is 4.93. The van der Waals surface area contributed by atoms with E-state index >= 15 is 0 Å². The van der Waals surface area contributed by atoms with Gasteiger partial charge in [-0.3, -0.25) is 0 Å². The van der Waals surface area contributed by atoms with Crippen LogP contribution in [0.25, 0.3) is 0 Å². The summed E-state index contributed by atoms with van der Waals surface area (Å²) in [7, 11) is 0. The monoisotopic (exact) mass is 321 g/mol. The minimum atomic E-state index is 0.154. The largest absolute Gasteiger partial charge is 0.411 e. The summed E-state index contributed by atoms with van der Waals surface area (Å²) in [6.45, 7) is 5.97. The summed E-state index contributed by atoms with van der Waals surface area (Å²) in [5.41, 5.74) is 3.71. The smallest absolute Gasteiger partial charge is 0.0871 e. The number of hydrogen-bond donors (Lipinski definition) is 1. The topological polar surface area (TPSA) is 32.6 Å². The van der Waals surface area contributed by atoms with Gasteiger partial charge in [0, 0.05) is 11.5 Å². The summed E-state index contributed by atoms with van der Waals surface area (Å²) in [5, 5.41) is 13.5. The van der Waals surface area contributed by atoms with Crippen molar-refractivity contribution in [3.05, 3.63) is 69.8 Å². The van der Waals surface area contributed by atoms with Crippen LogP contribution in [-0.4, -0.2) is 10.9 Å². The summed E-state index contributed by atoms with van der Waals surface area (Å²) < 4.78 is 0. The molecule has 110 valence electrons. The Labute approximate surface area is 135 Å². The molecule has 0 aromatic heterocycles. The molecule has 1 atom stereocenters. The van der Waals surface area contributed by atoms with Gasteiger partial charge in [0.2, 0.25) is 0 Å². The summed E-state index contributed by atoms with van der Waals surface area (Å²) in [6, 6.07) is 7.92. The fraction of sp³-hybridized carbons (Fsp3) is 0.235. The maximum atomic E-state index is 9.12. The number of allylic oxidation sites excluding steroid dienone is 5. The molecule has 1 N–H and O–H groups in total. The molecule has 0 heterocycles. The fourth-order valence-corrected chi connectivity index (χ4v) is 2.90. The summed E-state index contributed by atoms with van der Waals surface area (Å²) in [6.07, 6.45) is 5.11. The van der Waals surface area contributed by atoms with Crippen LogP contribution in [0.15, 0.2) is 63.8 Å². The van der Waals surface area contributed by atoms with Crippen LogP contribution in [-0.2, 0) is 0 Å². The highest BCUT2D eigenvalue weighted by molar-refractivity contribution is 6.44. The molecule has 1 aliphatic carbocycles. The van der Waals surface area contributed by atoms with Gasteiger partial charge in [-0.05, 0) is 37.0 Å². The van der Waals surface area contributed by atoms with Crippen LogP contribution >= 0.6 is 23.2 Å². The van der Waals surface area contributed by atoms with Crippen LogP contribution in [0.3, 0.4) is 0 Å². The first-order valence-corrected chi connectivity index (χ1v) is 7.52. The van der Waals surface area contributed by atoms with E-state index in [-0.39, 0.29) is 5.92 Å². The van der Waals surface area contributed by atoms with Gasteiger partial charge in [-0.2, -0.15) is 0 Å². The fourth-order valence-electron chi connectivity index (χ4n) is 2.59. The Kier molecular flexibility index (Phi) is 5.27. The van der Waals surface area contributed by atoms with Crippen molar-refractivity contribution in [2.75, 3.05) is 0 Å². The molecule has 1 aromatic carbocycles. The Morgan fingerprint density at radius 3 is 2.71 bits per heavy atom. The second-order valence-corrected chi connectivity index (χ2v) is 5.74. The van der Waals surface area contributed by atoms with Gasteiger partial charge in [-0.25, -0.2) is 0 Å². The van der Waals surface area contributed by atoms with E-state index in [1.807, 2.05) is 37.3 Å². The third-order valence-corrected chi connectivity index (χ3v) is 4.51. The van der Waals surface area contributed by atoms with Crippen LogP contribution in [0.5, 0.6) is 0 Å². The van der Waals surface area contributed by atoms with Crippen molar-refractivity contribution in [2.24, 2.45) is 5.16 Å². The number of fused-ring (bicyclic) bond motifs is 1. The third kappa shape index (κ3) is 3.39. The third-order valence-electron chi connectivity index (χ3n) is 3.68. The van der Waals surface area contributed by atoms with E-state index in [4.69, 9.17) is 28.4 Å². The quantitative estimate of drug-likeness (QED) is 0.441. The van der Waals surface area contributed by atoms with Gasteiger partial charge in [-0.15, -0.1) is 0 Å². The molecule has 21 heavy (non-hydrogen) atoms. The van der Waals surface area contributed by atoms with Crippen molar-refractivity contribution in [3.63, 3.8) is 0 Å². The number of benzene rings is 1. The highest BCUT2D eigenvalue weighted by Gasteiger charge is 2.25. The summed E-state index contributed by atoms with van der Waals surface area (Å²) in [5.74, 6) is 0.154. The molecule has 0 bridgehead atoms. The zero-order valence-corrected chi connectivity index (χ0v) is 13.3. The molecule has 0 spiro atoms. The number of hydrogen-bond acceptors (Lipinski definition) is 2. The van der Waals surface area contributed by atoms with E-state index in [1.54, 1.807) is 6.08 Å². The molecule has 0 saturated heterocycles. The lowest BCUT2D eigenvalue weighted by Crippen LogP contribution is -2.17. The summed E-state index contributed by atoms with van der Waals surface area (Å²) in [4.78, 5) is 0. The maximum absolute atomic E-state index is 9.12. The van der Waals surface area contributed by atoms with Crippen LogP contribution in [0.2, 0.25) is 0 Å². The average molecular weight is 322 g/mol. The van der Waals surface area contributed by atoms with E-state index < -0.39 is 0 Å². The normalized spacial score (nSPS) is 21.3. The molecule has 0 aliphatic heterocycles. The molecule has 4 heteroatoms. The van der Waals surface area contributed by atoms with Crippen molar-refractivity contribution in [1.82, 2.24) is 0 Å². The minimum absolute atomic E-state index is 0.154. The van der Waals surface area contributed by atoms with Gasteiger partial charge in [-0.1, -0.05) is 65.3 Å². The first kappa shape index (κ1) is 15.9. The Morgan fingerprint density at radius 1 is 1.33 bits per heavy atom. The van der Waals surface area contributed by atoms with E-state index in [9.17, 15) is 0 Å². The van der Waals surface area contributed by atoms with Crippen molar-refractivity contribution in [1.29, 1.82) is 0 Å². The minimum Gasteiger partial charge on any atom is -0.411 e. The molecule has 0 radical (unpaired) electrons. The Balaban J connectivity index is 2.36. The highest BCUT2D eigenvalue weighted by Crippen LogP contribution is 2.38. The van der Waals surface area contributed by atoms with Crippen LogP contribution in [0.4, 0.5) is 0 Å². The molecule has 0 amide bonds. The summed E-state index contributed by atoms with van der Waals surface area (Å²) >= 11 is 12.2. The van der Waals surface area contributed by atoms with E-state index in [2.05, 4.69) is 11.7 Å². The van der Waals surface area contributed by atoms with Crippen LogP contribution < -0.4 is 0 Å². The van der Waals surface area contributed by atoms with E-state index in [1.165, 1.54) is 0 Å². The van der Waals surface area contributed by atoms with Crippen LogP contribution in [0, 0.1) is 0 Å². The zero-order valence-electron chi connectivity index (χ0n) is 11.8. The predicted octanol–water partition coefficient (Wildman–Crippen LogP) is 5.56. The average Bonchev–Trinajstić information content (AvgIpc) is 2.52. The molecule has 0 unspecified atom stereocenters. The molecular weight excluding hydrogens is 305 g/mol. The van der Waals surface area contributed by atoms with Gasteiger partial charge < -0.3 is 5.21 Å². The molecule has 1 aromatic rings. The van der Waals surface area contributed by atoms with Gasteiger partial charge in [0.15, 0.2) is 0 Å². The first-order valence-electron chi connectivity index (χ1n) is 6.77. The van der Waals surface area contributed by atoms with Gasteiger partial charge >= 0.3 is 0 Å². The van der Waals surface area contributed by atoms with E-state index in [0.717, 1.165) is 28.8 Å². The lowest BCUT2D eigenvalue weighted by molar-refractivity contribution is 0.317. The molecular formula is C17H17Cl2NO. The van der Waals surface area contributed by atoms with Gasteiger partial charge in [0.1, 0.15) is 0 Å². The first-order chi connectivity index (χ1) is 10.1.